The van der Waals surface area contributed by atoms with Gasteiger partial charge in [-0.2, -0.15) is 0 Å². The molecule has 0 amide bonds. The first-order valence-electron chi connectivity index (χ1n) is 8.22. The molecule has 0 nitrogen and oxygen atoms in total. The van der Waals surface area contributed by atoms with Gasteiger partial charge in [0.15, 0.2) is 0 Å². The molecule has 112 valence electrons. The van der Waals surface area contributed by atoms with Gasteiger partial charge < -0.3 is 0 Å². The number of hydrogen-bond donors (Lipinski definition) is 0. The summed E-state index contributed by atoms with van der Waals surface area (Å²) in [6, 6.07) is 10.9. The summed E-state index contributed by atoms with van der Waals surface area (Å²) in [5.74, 6) is 0.706. The minimum atomic E-state index is 0.338. The SMILES string of the molecule is CC(CCCCCC/C=C/C(C)(C)C)c1ccccc1. The van der Waals surface area contributed by atoms with Crippen molar-refractivity contribution in [2.75, 3.05) is 0 Å². The monoisotopic (exact) mass is 272 g/mol. The molecule has 0 saturated carbocycles. The highest BCUT2D eigenvalue weighted by atomic mass is 14.1. The first-order chi connectivity index (χ1) is 9.49. The van der Waals surface area contributed by atoms with Gasteiger partial charge in [-0.25, -0.2) is 0 Å². The maximum absolute atomic E-state index is 2.35. The Kier molecular flexibility index (Phi) is 7.65. The molecule has 0 bridgehead atoms. The van der Waals surface area contributed by atoms with E-state index >= 15 is 0 Å². The molecule has 0 radical (unpaired) electrons. The molecule has 0 aliphatic rings. The molecule has 0 aliphatic heterocycles. The summed E-state index contributed by atoms with van der Waals surface area (Å²) < 4.78 is 0. The van der Waals surface area contributed by atoms with Crippen molar-refractivity contribution < 1.29 is 0 Å². The van der Waals surface area contributed by atoms with Crippen LogP contribution in [0.4, 0.5) is 0 Å². The Labute approximate surface area is 126 Å². The summed E-state index contributed by atoms with van der Waals surface area (Å²) in [4.78, 5) is 0. The third-order valence-corrected chi connectivity index (χ3v) is 3.74. The summed E-state index contributed by atoms with van der Waals surface area (Å²) in [6.45, 7) is 9.12. The lowest BCUT2D eigenvalue weighted by atomic mass is 9.94. The largest absolute Gasteiger partial charge is 0.0880 e. The molecule has 0 N–H and O–H groups in total. The van der Waals surface area contributed by atoms with Crippen LogP contribution in [0.3, 0.4) is 0 Å². The first kappa shape index (κ1) is 17.0. The van der Waals surface area contributed by atoms with E-state index in [1.807, 2.05) is 0 Å². The van der Waals surface area contributed by atoms with Crippen LogP contribution in [-0.4, -0.2) is 0 Å². The van der Waals surface area contributed by atoms with Crippen molar-refractivity contribution in [1.29, 1.82) is 0 Å². The highest BCUT2D eigenvalue weighted by molar-refractivity contribution is 5.18. The fourth-order valence-electron chi connectivity index (χ4n) is 2.45. The normalized spacial score (nSPS) is 13.8. The minimum Gasteiger partial charge on any atom is -0.0880 e. The molecular formula is C20H32. The van der Waals surface area contributed by atoms with Crippen molar-refractivity contribution in [3.63, 3.8) is 0 Å². The second-order valence-corrected chi connectivity index (χ2v) is 7.07. The van der Waals surface area contributed by atoms with E-state index in [4.69, 9.17) is 0 Å². The Morgan fingerprint density at radius 1 is 0.950 bits per heavy atom. The third-order valence-electron chi connectivity index (χ3n) is 3.74. The van der Waals surface area contributed by atoms with Crippen molar-refractivity contribution in [2.24, 2.45) is 5.41 Å². The quantitative estimate of drug-likeness (QED) is 0.363. The average molecular weight is 272 g/mol. The lowest BCUT2D eigenvalue weighted by molar-refractivity contribution is 0.539. The lowest BCUT2D eigenvalue weighted by Crippen LogP contribution is -1.98. The zero-order chi connectivity index (χ0) is 14.8. The van der Waals surface area contributed by atoms with E-state index in [2.05, 4.69) is 70.2 Å². The molecule has 0 saturated heterocycles. The van der Waals surface area contributed by atoms with Crippen LogP contribution in [0.2, 0.25) is 0 Å². The van der Waals surface area contributed by atoms with Gasteiger partial charge >= 0.3 is 0 Å². The topological polar surface area (TPSA) is 0 Å². The van der Waals surface area contributed by atoms with Gasteiger partial charge in [0.25, 0.3) is 0 Å². The first-order valence-corrected chi connectivity index (χ1v) is 8.22. The van der Waals surface area contributed by atoms with Crippen molar-refractivity contribution in [3.8, 4) is 0 Å². The van der Waals surface area contributed by atoms with Gasteiger partial charge in [-0.05, 0) is 36.2 Å². The van der Waals surface area contributed by atoms with Crippen LogP contribution >= 0.6 is 0 Å². The van der Waals surface area contributed by atoms with Crippen LogP contribution in [0.5, 0.6) is 0 Å². The van der Waals surface area contributed by atoms with E-state index in [9.17, 15) is 0 Å². The number of unbranched alkanes of at least 4 members (excludes halogenated alkanes) is 4. The van der Waals surface area contributed by atoms with Gasteiger partial charge in [0.1, 0.15) is 0 Å². The van der Waals surface area contributed by atoms with E-state index in [0.717, 1.165) is 0 Å². The molecule has 1 atom stereocenters. The highest BCUT2D eigenvalue weighted by Crippen LogP contribution is 2.22. The Balaban J connectivity index is 2.04. The molecule has 0 heteroatoms. The molecule has 1 rings (SSSR count). The zero-order valence-electron chi connectivity index (χ0n) is 13.9. The highest BCUT2D eigenvalue weighted by Gasteiger charge is 2.04. The predicted molar refractivity (Wildman–Crippen MR) is 91.2 cm³/mol. The number of benzene rings is 1. The summed E-state index contributed by atoms with van der Waals surface area (Å²) in [5.41, 5.74) is 1.83. The Bertz CT molecular complexity index is 367. The Morgan fingerprint density at radius 3 is 2.25 bits per heavy atom. The Hall–Kier alpha value is -1.04. The smallest absolute Gasteiger partial charge is 0.0190 e. The molecule has 20 heavy (non-hydrogen) atoms. The fraction of sp³-hybridized carbons (Fsp3) is 0.600. The van der Waals surface area contributed by atoms with E-state index in [1.165, 1.54) is 44.1 Å². The summed E-state index contributed by atoms with van der Waals surface area (Å²) in [6.07, 6.45) is 12.7. The minimum absolute atomic E-state index is 0.338. The molecule has 0 aliphatic carbocycles. The molecular weight excluding hydrogens is 240 g/mol. The maximum Gasteiger partial charge on any atom is -0.0190 e. The number of rotatable bonds is 8. The second kappa shape index (κ2) is 9.00. The van der Waals surface area contributed by atoms with Crippen LogP contribution in [0.1, 0.15) is 77.7 Å². The van der Waals surface area contributed by atoms with Crippen molar-refractivity contribution in [2.45, 2.75) is 72.1 Å². The van der Waals surface area contributed by atoms with Crippen molar-refractivity contribution in [1.82, 2.24) is 0 Å². The molecule has 1 unspecified atom stereocenters. The van der Waals surface area contributed by atoms with Gasteiger partial charge in [-0.1, -0.05) is 89.4 Å². The Morgan fingerprint density at radius 2 is 1.60 bits per heavy atom. The second-order valence-electron chi connectivity index (χ2n) is 7.07. The van der Waals surface area contributed by atoms with Gasteiger partial charge in [0.05, 0.1) is 0 Å². The van der Waals surface area contributed by atoms with E-state index in [1.54, 1.807) is 0 Å². The number of hydrogen-bond acceptors (Lipinski definition) is 0. The van der Waals surface area contributed by atoms with Crippen LogP contribution in [-0.2, 0) is 0 Å². The van der Waals surface area contributed by atoms with Gasteiger partial charge in [-0.3, -0.25) is 0 Å². The predicted octanol–water partition coefficient (Wildman–Crippen LogP) is 6.73. The fourth-order valence-corrected chi connectivity index (χ4v) is 2.45. The van der Waals surface area contributed by atoms with E-state index < -0.39 is 0 Å². The lowest BCUT2D eigenvalue weighted by Gasteiger charge is -2.11. The average Bonchev–Trinajstić information content (AvgIpc) is 2.41. The van der Waals surface area contributed by atoms with Gasteiger partial charge in [-0.15, -0.1) is 0 Å². The van der Waals surface area contributed by atoms with Crippen LogP contribution < -0.4 is 0 Å². The molecule has 1 aromatic rings. The standard InChI is InChI=1S/C20H32/c1-18(19-15-11-9-12-16-19)14-10-7-5-6-8-13-17-20(2,3)4/h9,11-13,15-18H,5-8,10,14H2,1-4H3/b17-13+. The summed E-state index contributed by atoms with van der Waals surface area (Å²) in [7, 11) is 0. The molecule has 1 aromatic carbocycles. The zero-order valence-corrected chi connectivity index (χ0v) is 13.9. The third kappa shape index (κ3) is 8.19. The van der Waals surface area contributed by atoms with Crippen LogP contribution in [0.25, 0.3) is 0 Å². The summed E-state index contributed by atoms with van der Waals surface area (Å²) in [5, 5.41) is 0. The summed E-state index contributed by atoms with van der Waals surface area (Å²) >= 11 is 0. The van der Waals surface area contributed by atoms with Gasteiger partial charge in [0.2, 0.25) is 0 Å². The molecule has 0 aromatic heterocycles. The molecule has 0 heterocycles. The maximum atomic E-state index is 2.35. The van der Waals surface area contributed by atoms with Gasteiger partial charge in [0, 0.05) is 0 Å². The van der Waals surface area contributed by atoms with Crippen LogP contribution in [0, 0.1) is 5.41 Å². The van der Waals surface area contributed by atoms with Crippen molar-refractivity contribution >= 4 is 0 Å². The number of allylic oxidation sites excluding steroid dienone is 2. The molecule has 0 spiro atoms. The van der Waals surface area contributed by atoms with E-state index in [0.29, 0.717) is 11.3 Å². The van der Waals surface area contributed by atoms with Crippen LogP contribution in [0.15, 0.2) is 42.5 Å². The van der Waals surface area contributed by atoms with Crippen molar-refractivity contribution in [3.05, 3.63) is 48.0 Å². The molecule has 0 fully saturated rings. The van der Waals surface area contributed by atoms with E-state index in [-0.39, 0.29) is 0 Å².